The number of pyridine rings is 1. The number of hydrogen-bond donors (Lipinski definition) is 1. The molecule has 0 amide bonds. The van der Waals surface area contributed by atoms with Crippen LogP contribution in [0.5, 0.6) is 0 Å². The molecule has 0 saturated carbocycles. The minimum atomic E-state index is -0.463. The number of aliphatic hydroxyl groups is 1. The summed E-state index contributed by atoms with van der Waals surface area (Å²) in [4.78, 5) is 4.39. The fraction of sp³-hybridized carbons (Fsp3) is 0.417. The monoisotopic (exact) mass is 204 g/mol. The summed E-state index contributed by atoms with van der Waals surface area (Å²) < 4.78 is 1.93. The molecular formula is C12H16N2O. The Labute approximate surface area is 89.4 Å². The van der Waals surface area contributed by atoms with Crippen LogP contribution in [0.1, 0.15) is 32.1 Å². The Balaban J connectivity index is 2.36. The average Bonchev–Trinajstić information content (AvgIpc) is 2.70. The van der Waals surface area contributed by atoms with Gasteiger partial charge in [0.2, 0.25) is 0 Å². The van der Waals surface area contributed by atoms with Gasteiger partial charge in [-0.3, -0.25) is 0 Å². The van der Waals surface area contributed by atoms with Crippen LogP contribution in [0.2, 0.25) is 0 Å². The highest BCUT2D eigenvalue weighted by atomic mass is 16.3. The molecule has 0 aliphatic carbocycles. The van der Waals surface area contributed by atoms with Gasteiger partial charge in [0, 0.05) is 12.4 Å². The number of aliphatic hydroxyl groups excluding tert-OH is 1. The van der Waals surface area contributed by atoms with Crippen LogP contribution in [0.25, 0.3) is 5.65 Å². The summed E-state index contributed by atoms with van der Waals surface area (Å²) in [6, 6.07) is 5.84. The van der Waals surface area contributed by atoms with E-state index >= 15 is 0 Å². The second-order valence-corrected chi connectivity index (χ2v) is 3.96. The molecule has 0 aliphatic rings. The van der Waals surface area contributed by atoms with Gasteiger partial charge in [-0.15, -0.1) is 0 Å². The summed E-state index contributed by atoms with van der Waals surface area (Å²) in [6.07, 6.45) is 4.33. The minimum Gasteiger partial charge on any atom is -0.386 e. The van der Waals surface area contributed by atoms with Crippen molar-refractivity contribution in [3.05, 3.63) is 36.3 Å². The molecule has 80 valence electrons. The van der Waals surface area contributed by atoms with Crippen LogP contribution in [0.15, 0.2) is 30.6 Å². The number of hydrogen-bond acceptors (Lipinski definition) is 2. The highest BCUT2D eigenvalue weighted by Gasteiger charge is 2.17. The lowest BCUT2D eigenvalue weighted by molar-refractivity contribution is 0.112. The predicted molar refractivity (Wildman–Crippen MR) is 59.6 cm³/mol. The summed E-state index contributed by atoms with van der Waals surface area (Å²) in [5.74, 6) is 0.245. The van der Waals surface area contributed by atoms with Gasteiger partial charge in [0.25, 0.3) is 0 Å². The first-order valence-electron chi connectivity index (χ1n) is 5.34. The number of nitrogens with zero attached hydrogens (tertiary/aromatic N) is 2. The maximum absolute atomic E-state index is 10.0. The number of imidazole rings is 1. The summed E-state index contributed by atoms with van der Waals surface area (Å²) in [7, 11) is 0. The standard InChI is InChI=1S/C12H16N2O/c1-3-9(2)12(15)10-8-14-7-5-4-6-11(14)13-10/h4-9,12,15H,3H2,1-2H3. The summed E-state index contributed by atoms with van der Waals surface area (Å²) in [6.45, 7) is 4.11. The Morgan fingerprint density at radius 1 is 1.47 bits per heavy atom. The summed E-state index contributed by atoms with van der Waals surface area (Å²) >= 11 is 0. The highest BCUT2D eigenvalue weighted by molar-refractivity contribution is 5.39. The fourth-order valence-corrected chi connectivity index (χ4v) is 1.61. The topological polar surface area (TPSA) is 37.5 Å². The van der Waals surface area contributed by atoms with Crippen molar-refractivity contribution in [3.8, 4) is 0 Å². The molecule has 2 aromatic heterocycles. The molecule has 3 heteroatoms. The zero-order valence-electron chi connectivity index (χ0n) is 9.09. The highest BCUT2D eigenvalue weighted by Crippen LogP contribution is 2.23. The van der Waals surface area contributed by atoms with Gasteiger partial charge in [-0.1, -0.05) is 26.3 Å². The second-order valence-electron chi connectivity index (χ2n) is 3.96. The van der Waals surface area contributed by atoms with E-state index in [1.807, 2.05) is 41.9 Å². The molecule has 2 unspecified atom stereocenters. The summed E-state index contributed by atoms with van der Waals surface area (Å²) in [5.41, 5.74) is 1.64. The number of fused-ring (bicyclic) bond motifs is 1. The largest absolute Gasteiger partial charge is 0.386 e. The van der Waals surface area contributed by atoms with E-state index in [1.165, 1.54) is 0 Å². The van der Waals surface area contributed by atoms with E-state index in [4.69, 9.17) is 0 Å². The van der Waals surface area contributed by atoms with Crippen molar-refractivity contribution in [2.45, 2.75) is 26.4 Å². The maximum Gasteiger partial charge on any atom is 0.137 e. The van der Waals surface area contributed by atoms with E-state index in [1.54, 1.807) is 0 Å². The number of rotatable bonds is 3. The average molecular weight is 204 g/mol. The molecule has 2 atom stereocenters. The molecule has 0 aliphatic heterocycles. The lowest BCUT2D eigenvalue weighted by Gasteiger charge is -2.13. The molecule has 1 N–H and O–H groups in total. The smallest absolute Gasteiger partial charge is 0.137 e. The third kappa shape index (κ3) is 1.88. The van der Waals surface area contributed by atoms with Gasteiger partial charge in [-0.05, 0) is 18.1 Å². The molecule has 15 heavy (non-hydrogen) atoms. The molecule has 2 rings (SSSR count). The van der Waals surface area contributed by atoms with Crippen molar-refractivity contribution in [2.75, 3.05) is 0 Å². The Bertz CT molecular complexity index is 417. The minimum absolute atomic E-state index is 0.245. The lowest BCUT2D eigenvalue weighted by atomic mass is 10.00. The maximum atomic E-state index is 10.0. The molecule has 0 saturated heterocycles. The van der Waals surface area contributed by atoms with E-state index in [9.17, 15) is 5.11 Å². The Kier molecular flexibility index (Phi) is 2.73. The molecular weight excluding hydrogens is 188 g/mol. The fourth-order valence-electron chi connectivity index (χ4n) is 1.61. The first-order chi connectivity index (χ1) is 7.22. The van der Waals surface area contributed by atoms with Gasteiger partial charge in [0.15, 0.2) is 0 Å². The van der Waals surface area contributed by atoms with Gasteiger partial charge >= 0.3 is 0 Å². The van der Waals surface area contributed by atoms with E-state index in [0.29, 0.717) is 0 Å². The molecule has 0 radical (unpaired) electrons. The Morgan fingerprint density at radius 2 is 2.27 bits per heavy atom. The van der Waals surface area contributed by atoms with E-state index in [0.717, 1.165) is 17.8 Å². The van der Waals surface area contributed by atoms with E-state index in [-0.39, 0.29) is 5.92 Å². The first kappa shape index (κ1) is 10.2. The predicted octanol–water partition coefficient (Wildman–Crippen LogP) is 2.41. The van der Waals surface area contributed by atoms with Gasteiger partial charge in [-0.25, -0.2) is 4.98 Å². The Morgan fingerprint density at radius 3 is 2.93 bits per heavy atom. The molecule has 0 fully saturated rings. The number of aromatic nitrogens is 2. The van der Waals surface area contributed by atoms with Crippen molar-refractivity contribution < 1.29 is 5.11 Å². The van der Waals surface area contributed by atoms with Gasteiger partial charge in [0.05, 0.1) is 5.69 Å². The quantitative estimate of drug-likeness (QED) is 0.833. The van der Waals surface area contributed by atoms with Crippen molar-refractivity contribution in [2.24, 2.45) is 5.92 Å². The van der Waals surface area contributed by atoms with Crippen molar-refractivity contribution >= 4 is 5.65 Å². The van der Waals surface area contributed by atoms with Crippen molar-refractivity contribution in [1.82, 2.24) is 9.38 Å². The third-order valence-corrected chi connectivity index (χ3v) is 2.87. The zero-order valence-corrected chi connectivity index (χ0v) is 9.09. The SMILES string of the molecule is CCC(C)C(O)c1cn2ccccc2n1. The normalized spacial score (nSPS) is 15.4. The van der Waals surface area contributed by atoms with Crippen LogP contribution in [-0.2, 0) is 0 Å². The van der Waals surface area contributed by atoms with Crippen LogP contribution in [0, 0.1) is 5.92 Å². The second kappa shape index (κ2) is 4.03. The third-order valence-electron chi connectivity index (χ3n) is 2.87. The van der Waals surface area contributed by atoms with E-state index in [2.05, 4.69) is 11.9 Å². The molecule has 3 nitrogen and oxygen atoms in total. The molecule has 2 heterocycles. The van der Waals surface area contributed by atoms with Crippen LogP contribution in [-0.4, -0.2) is 14.5 Å². The summed E-state index contributed by atoms with van der Waals surface area (Å²) in [5, 5.41) is 10.0. The lowest BCUT2D eigenvalue weighted by Crippen LogP contribution is -2.08. The molecule has 0 bridgehead atoms. The van der Waals surface area contributed by atoms with E-state index < -0.39 is 6.10 Å². The van der Waals surface area contributed by atoms with Crippen molar-refractivity contribution in [1.29, 1.82) is 0 Å². The van der Waals surface area contributed by atoms with Crippen LogP contribution in [0.4, 0.5) is 0 Å². The van der Waals surface area contributed by atoms with Gasteiger partial charge in [0.1, 0.15) is 11.8 Å². The van der Waals surface area contributed by atoms with Crippen LogP contribution in [0.3, 0.4) is 0 Å². The first-order valence-corrected chi connectivity index (χ1v) is 5.34. The molecule has 0 spiro atoms. The van der Waals surface area contributed by atoms with Crippen molar-refractivity contribution in [3.63, 3.8) is 0 Å². The van der Waals surface area contributed by atoms with Gasteiger partial charge in [-0.2, -0.15) is 0 Å². The van der Waals surface area contributed by atoms with Crippen LogP contribution < -0.4 is 0 Å². The van der Waals surface area contributed by atoms with Gasteiger partial charge < -0.3 is 9.51 Å². The molecule has 0 aromatic carbocycles. The Hall–Kier alpha value is -1.35. The zero-order chi connectivity index (χ0) is 10.8. The van der Waals surface area contributed by atoms with Crippen LogP contribution >= 0.6 is 0 Å². The molecule has 2 aromatic rings.